The number of nitrogens with one attached hydrogen (secondary N) is 1. The summed E-state index contributed by atoms with van der Waals surface area (Å²) >= 11 is 6.37. The monoisotopic (exact) mass is 328 g/mol. The van der Waals surface area contributed by atoms with Crippen molar-refractivity contribution in [2.45, 2.75) is 11.1 Å². The van der Waals surface area contributed by atoms with Crippen LogP contribution in [0.1, 0.15) is 0 Å². The average Bonchev–Trinajstić information content (AvgIpc) is 2.33. The number of rotatable bonds is 5. The van der Waals surface area contributed by atoms with Gasteiger partial charge in [-0.3, -0.25) is 14.9 Å². The number of nitro benzene ring substituents is 1. The van der Waals surface area contributed by atoms with Crippen LogP contribution in [0.2, 0.25) is 5.02 Å². The van der Waals surface area contributed by atoms with Gasteiger partial charge < -0.3 is 5.32 Å². The lowest BCUT2D eigenvalue weighted by molar-refractivity contribution is -0.387. The maximum atomic E-state index is 11.9. The first-order valence-electron chi connectivity index (χ1n) is 5.09. The van der Waals surface area contributed by atoms with E-state index in [9.17, 15) is 28.1 Å². The van der Waals surface area contributed by atoms with E-state index >= 15 is 0 Å². The third-order valence-corrected chi connectivity index (χ3v) is 3.26. The topological polar surface area (TPSA) is 72.2 Å². The lowest BCUT2D eigenvalue weighted by Crippen LogP contribution is -2.34. The molecule has 1 aromatic rings. The van der Waals surface area contributed by atoms with E-state index in [0.717, 1.165) is 17.8 Å². The summed E-state index contributed by atoms with van der Waals surface area (Å²) in [4.78, 5) is 21.4. The van der Waals surface area contributed by atoms with E-state index in [1.807, 2.05) is 0 Å². The Morgan fingerprint density at radius 3 is 2.65 bits per heavy atom. The fraction of sp³-hybridized carbons (Fsp3) is 0.300. The summed E-state index contributed by atoms with van der Waals surface area (Å²) in [5.74, 6) is -1.23. The van der Waals surface area contributed by atoms with Crippen molar-refractivity contribution in [1.82, 2.24) is 5.32 Å². The highest BCUT2D eigenvalue weighted by Crippen LogP contribution is 2.31. The van der Waals surface area contributed by atoms with Crippen LogP contribution in [-0.4, -0.2) is 29.3 Å². The van der Waals surface area contributed by atoms with Gasteiger partial charge in [0, 0.05) is 11.1 Å². The summed E-state index contributed by atoms with van der Waals surface area (Å²) < 4.78 is 35.6. The van der Waals surface area contributed by atoms with Crippen LogP contribution in [0, 0.1) is 10.1 Å². The highest BCUT2D eigenvalue weighted by atomic mass is 35.5. The second kappa shape index (κ2) is 6.80. The van der Waals surface area contributed by atoms with E-state index in [1.54, 1.807) is 5.32 Å². The van der Waals surface area contributed by atoms with Gasteiger partial charge in [0.1, 0.15) is 6.54 Å². The molecule has 0 bridgehead atoms. The van der Waals surface area contributed by atoms with Crippen LogP contribution in [0.15, 0.2) is 23.1 Å². The third kappa shape index (κ3) is 5.66. The number of nitro groups is 1. The van der Waals surface area contributed by atoms with Gasteiger partial charge in [-0.25, -0.2) is 0 Å². The Morgan fingerprint density at radius 2 is 2.10 bits per heavy atom. The van der Waals surface area contributed by atoms with Crippen molar-refractivity contribution in [3.63, 3.8) is 0 Å². The zero-order chi connectivity index (χ0) is 15.3. The molecule has 1 amide bonds. The summed E-state index contributed by atoms with van der Waals surface area (Å²) in [5, 5.41) is 12.6. The van der Waals surface area contributed by atoms with E-state index in [0.29, 0.717) is 0 Å². The number of hydrogen-bond donors (Lipinski definition) is 1. The van der Waals surface area contributed by atoms with Gasteiger partial charge in [-0.1, -0.05) is 11.6 Å². The molecule has 1 rings (SSSR count). The average molecular weight is 329 g/mol. The molecule has 1 aromatic carbocycles. The normalized spacial score (nSPS) is 11.2. The zero-order valence-electron chi connectivity index (χ0n) is 9.74. The Kier molecular flexibility index (Phi) is 5.63. The van der Waals surface area contributed by atoms with Crippen molar-refractivity contribution in [1.29, 1.82) is 0 Å². The van der Waals surface area contributed by atoms with Gasteiger partial charge in [0.15, 0.2) is 0 Å². The minimum atomic E-state index is -4.49. The van der Waals surface area contributed by atoms with Gasteiger partial charge in [0.05, 0.1) is 15.6 Å². The second-order valence-electron chi connectivity index (χ2n) is 3.55. The van der Waals surface area contributed by atoms with Crippen LogP contribution in [-0.2, 0) is 4.79 Å². The van der Waals surface area contributed by atoms with E-state index in [4.69, 9.17) is 11.6 Å². The fourth-order valence-electron chi connectivity index (χ4n) is 1.15. The molecule has 20 heavy (non-hydrogen) atoms. The van der Waals surface area contributed by atoms with Crippen LogP contribution in [0.4, 0.5) is 18.9 Å². The first-order valence-corrected chi connectivity index (χ1v) is 6.45. The summed E-state index contributed by atoms with van der Waals surface area (Å²) in [5.41, 5.74) is -0.300. The molecular weight excluding hydrogens is 321 g/mol. The number of carbonyl (C=O) groups excluding carboxylic acids is 1. The molecular formula is C10H8ClF3N2O3S. The molecule has 0 heterocycles. The number of amides is 1. The number of thioether (sulfide) groups is 1. The Labute approximate surface area is 120 Å². The van der Waals surface area contributed by atoms with Crippen molar-refractivity contribution in [2.75, 3.05) is 12.3 Å². The highest BCUT2D eigenvalue weighted by molar-refractivity contribution is 8.00. The number of nitrogens with zero attached hydrogens (tertiary/aromatic N) is 1. The first kappa shape index (κ1) is 16.6. The number of hydrogen-bond acceptors (Lipinski definition) is 4. The maximum absolute atomic E-state index is 11.9. The predicted octanol–water partition coefficient (Wildman–Crippen LogP) is 3.02. The number of halogens is 4. The Balaban J connectivity index is 2.62. The van der Waals surface area contributed by atoms with Crippen LogP contribution in [0.3, 0.4) is 0 Å². The molecule has 0 aliphatic heterocycles. The number of alkyl halides is 3. The van der Waals surface area contributed by atoms with Gasteiger partial charge in [-0.15, -0.1) is 11.8 Å². The Hall–Kier alpha value is -1.48. The molecule has 0 saturated heterocycles. The van der Waals surface area contributed by atoms with Crippen molar-refractivity contribution in [3.05, 3.63) is 33.3 Å². The standard InChI is InChI=1S/C10H8ClF3N2O3S/c11-6-1-2-8(7(3-6)16(18)19)20-4-9(17)15-5-10(12,13)14/h1-3H,4-5H2,(H,15,17). The molecule has 0 saturated carbocycles. The molecule has 5 nitrogen and oxygen atoms in total. The second-order valence-corrected chi connectivity index (χ2v) is 5.00. The molecule has 110 valence electrons. The third-order valence-electron chi connectivity index (χ3n) is 1.96. The molecule has 0 aromatic heterocycles. The van der Waals surface area contributed by atoms with Gasteiger partial charge in [-0.2, -0.15) is 13.2 Å². The van der Waals surface area contributed by atoms with Gasteiger partial charge >= 0.3 is 6.18 Å². The molecule has 0 aliphatic rings. The van der Waals surface area contributed by atoms with Crippen molar-refractivity contribution < 1.29 is 22.9 Å². The molecule has 10 heteroatoms. The lowest BCUT2D eigenvalue weighted by atomic mass is 10.3. The van der Waals surface area contributed by atoms with E-state index in [2.05, 4.69) is 0 Å². The van der Waals surface area contributed by atoms with E-state index < -0.39 is 23.6 Å². The molecule has 0 fully saturated rings. The van der Waals surface area contributed by atoms with Gasteiger partial charge in [0.2, 0.25) is 5.91 Å². The van der Waals surface area contributed by atoms with Crippen molar-refractivity contribution >= 4 is 35.0 Å². The molecule has 0 unspecified atom stereocenters. The zero-order valence-corrected chi connectivity index (χ0v) is 11.3. The molecule has 0 radical (unpaired) electrons. The SMILES string of the molecule is O=C(CSc1ccc(Cl)cc1[N+](=O)[O-])NCC(F)(F)F. The van der Waals surface area contributed by atoms with E-state index in [-0.39, 0.29) is 21.4 Å². The summed E-state index contributed by atoms with van der Waals surface area (Å²) in [6, 6.07) is 3.84. The van der Waals surface area contributed by atoms with E-state index in [1.165, 1.54) is 12.1 Å². The summed E-state index contributed by atoms with van der Waals surface area (Å²) in [6.45, 7) is -1.44. The van der Waals surface area contributed by atoms with Crippen LogP contribution < -0.4 is 5.32 Å². The van der Waals surface area contributed by atoms with Gasteiger partial charge in [0.25, 0.3) is 5.69 Å². The van der Waals surface area contributed by atoms with Crippen LogP contribution >= 0.6 is 23.4 Å². The maximum Gasteiger partial charge on any atom is 0.405 e. The largest absolute Gasteiger partial charge is 0.405 e. The van der Waals surface area contributed by atoms with Crippen molar-refractivity contribution in [2.24, 2.45) is 0 Å². The Morgan fingerprint density at radius 1 is 1.45 bits per heavy atom. The van der Waals surface area contributed by atoms with Gasteiger partial charge in [-0.05, 0) is 12.1 Å². The smallest absolute Gasteiger partial charge is 0.346 e. The first-order chi connectivity index (χ1) is 9.19. The summed E-state index contributed by atoms with van der Waals surface area (Å²) in [7, 11) is 0. The molecule has 0 atom stereocenters. The molecule has 0 aliphatic carbocycles. The Bertz CT molecular complexity index is 525. The van der Waals surface area contributed by atoms with Crippen molar-refractivity contribution in [3.8, 4) is 0 Å². The number of benzene rings is 1. The minimum Gasteiger partial charge on any atom is -0.346 e. The molecule has 0 spiro atoms. The predicted molar refractivity (Wildman–Crippen MR) is 67.9 cm³/mol. The van der Waals surface area contributed by atoms with Crippen LogP contribution in [0.25, 0.3) is 0 Å². The fourth-order valence-corrected chi connectivity index (χ4v) is 2.15. The van der Waals surface area contributed by atoms with Crippen LogP contribution in [0.5, 0.6) is 0 Å². The quantitative estimate of drug-likeness (QED) is 0.512. The highest BCUT2D eigenvalue weighted by Gasteiger charge is 2.27. The summed E-state index contributed by atoms with van der Waals surface area (Å²) in [6.07, 6.45) is -4.49. The molecule has 1 N–H and O–H groups in total. The number of carbonyl (C=O) groups is 1. The minimum absolute atomic E-state index is 0.154. The lowest BCUT2D eigenvalue weighted by Gasteiger charge is -2.08.